The van der Waals surface area contributed by atoms with Gasteiger partial charge in [0.05, 0.1) is 0 Å². The normalized spacial score (nSPS) is 12.3. The van der Waals surface area contributed by atoms with Crippen LogP contribution in [0, 0.1) is 0 Å². The first-order valence-corrected chi connectivity index (χ1v) is 10.2. The molecule has 0 radical (unpaired) electrons. The summed E-state index contributed by atoms with van der Waals surface area (Å²) in [6, 6.07) is 16.1. The van der Waals surface area contributed by atoms with Crippen LogP contribution in [0.1, 0.15) is 38.3 Å². The number of hydrogen-bond donors (Lipinski definition) is 2. The van der Waals surface area contributed by atoms with Crippen LogP contribution in [0.4, 0.5) is 0 Å². The average Bonchev–Trinajstić information content (AvgIpc) is 2.61. The number of rotatable bonds is 8. The lowest BCUT2D eigenvalue weighted by atomic mass is 9.97. The predicted molar refractivity (Wildman–Crippen MR) is 105 cm³/mol. The van der Waals surface area contributed by atoms with Crippen molar-refractivity contribution in [1.82, 2.24) is 4.72 Å². The second kappa shape index (κ2) is 8.13. The zero-order valence-corrected chi connectivity index (χ0v) is 16.1. The van der Waals surface area contributed by atoms with E-state index in [0.717, 1.165) is 29.5 Å². The molecular formula is C20H28N2O2S. The Hall–Kier alpha value is -1.69. The van der Waals surface area contributed by atoms with Crippen LogP contribution in [0.5, 0.6) is 0 Å². The Morgan fingerprint density at radius 3 is 1.96 bits per heavy atom. The highest BCUT2D eigenvalue weighted by molar-refractivity contribution is 7.90. The van der Waals surface area contributed by atoms with Crippen LogP contribution in [-0.2, 0) is 21.2 Å². The van der Waals surface area contributed by atoms with E-state index in [1.165, 1.54) is 5.56 Å². The third-order valence-electron chi connectivity index (χ3n) is 4.51. The largest absolute Gasteiger partial charge is 0.330 e. The van der Waals surface area contributed by atoms with Gasteiger partial charge in [-0.15, -0.1) is 0 Å². The topological polar surface area (TPSA) is 72.2 Å². The molecule has 0 amide bonds. The molecule has 0 atom stereocenters. The van der Waals surface area contributed by atoms with Gasteiger partial charge < -0.3 is 5.73 Å². The Labute approximate surface area is 151 Å². The first-order valence-electron chi connectivity index (χ1n) is 8.71. The number of hydrogen-bond acceptors (Lipinski definition) is 3. The maximum Gasteiger partial charge on any atom is 0.221 e. The third kappa shape index (κ3) is 4.48. The Kier molecular flexibility index (Phi) is 6.38. The molecular weight excluding hydrogens is 332 g/mol. The molecule has 0 bridgehead atoms. The van der Waals surface area contributed by atoms with Gasteiger partial charge in [-0.25, -0.2) is 13.1 Å². The van der Waals surface area contributed by atoms with Gasteiger partial charge in [0.1, 0.15) is 4.75 Å². The van der Waals surface area contributed by atoms with Crippen molar-refractivity contribution in [3.63, 3.8) is 0 Å². The van der Waals surface area contributed by atoms with Crippen molar-refractivity contribution in [3.05, 3.63) is 59.7 Å². The molecule has 2 aromatic carbocycles. The molecule has 0 aliphatic heterocycles. The van der Waals surface area contributed by atoms with Gasteiger partial charge in [-0.05, 0) is 55.5 Å². The fourth-order valence-electron chi connectivity index (χ4n) is 2.67. The van der Waals surface area contributed by atoms with Crippen LogP contribution in [0.25, 0.3) is 11.1 Å². The summed E-state index contributed by atoms with van der Waals surface area (Å²) in [6.45, 7) is 6.52. The van der Waals surface area contributed by atoms with Crippen LogP contribution in [0.3, 0.4) is 0 Å². The van der Waals surface area contributed by atoms with Crippen LogP contribution >= 0.6 is 0 Å². The summed E-state index contributed by atoms with van der Waals surface area (Å²) in [5.41, 5.74) is 9.75. The molecule has 3 N–H and O–H groups in total. The molecule has 0 aliphatic rings. The highest BCUT2D eigenvalue weighted by Gasteiger charge is 2.35. The van der Waals surface area contributed by atoms with Crippen LogP contribution in [0.2, 0.25) is 0 Å². The molecule has 0 spiro atoms. The SMILES string of the molecule is CCCNS(=O)(=O)C(C)(C)c1ccc(-c2ccc(CCN)cc2)cc1. The number of nitrogens with two attached hydrogens (primary N) is 1. The summed E-state index contributed by atoms with van der Waals surface area (Å²) in [6.07, 6.45) is 1.64. The zero-order chi connectivity index (χ0) is 18.5. The Morgan fingerprint density at radius 1 is 0.960 bits per heavy atom. The fraction of sp³-hybridized carbons (Fsp3) is 0.400. The Balaban J connectivity index is 2.24. The van der Waals surface area contributed by atoms with Crippen molar-refractivity contribution < 1.29 is 8.42 Å². The van der Waals surface area contributed by atoms with Crippen molar-refractivity contribution in [2.24, 2.45) is 5.73 Å². The summed E-state index contributed by atoms with van der Waals surface area (Å²) >= 11 is 0. The second-order valence-electron chi connectivity index (χ2n) is 6.72. The molecule has 136 valence electrons. The first kappa shape index (κ1) is 19.6. The van der Waals surface area contributed by atoms with Crippen LogP contribution in [-0.4, -0.2) is 21.5 Å². The smallest absolute Gasteiger partial charge is 0.221 e. The minimum absolute atomic E-state index is 0.457. The van der Waals surface area contributed by atoms with Crippen molar-refractivity contribution in [3.8, 4) is 11.1 Å². The Bertz CT molecular complexity index is 779. The lowest BCUT2D eigenvalue weighted by Gasteiger charge is -2.26. The van der Waals surface area contributed by atoms with Crippen LogP contribution in [0.15, 0.2) is 48.5 Å². The lowest BCUT2D eigenvalue weighted by Crippen LogP contribution is -2.39. The van der Waals surface area contributed by atoms with E-state index >= 15 is 0 Å². The standard InChI is InChI=1S/C20H28N2O2S/c1-4-15-22-25(23,24)20(2,3)19-11-9-18(10-12-19)17-7-5-16(6-8-17)13-14-21/h5-12,22H,4,13-15,21H2,1-3H3. The van der Waals surface area contributed by atoms with E-state index in [1.54, 1.807) is 13.8 Å². The molecule has 0 aromatic heterocycles. The zero-order valence-electron chi connectivity index (χ0n) is 15.2. The molecule has 2 rings (SSSR count). The molecule has 5 heteroatoms. The molecule has 0 saturated carbocycles. The predicted octanol–water partition coefficient (Wildman–Crippen LogP) is 3.42. The fourth-order valence-corrected chi connectivity index (χ4v) is 3.95. The summed E-state index contributed by atoms with van der Waals surface area (Å²) in [5.74, 6) is 0. The van der Waals surface area contributed by atoms with Crippen molar-refractivity contribution in [1.29, 1.82) is 0 Å². The average molecular weight is 361 g/mol. The van der Waals surface area contributed by atoms with Crippen molar-refractivity contribution in [2.45, 2.75) is 38.4 Å². The quantitative estimate of drug-likeness (QED) is 0.758. The van der Waals surface area contributed by atoms with E-state index in [2.05, 4.69) is 29.0 Å². The van der Waals surface area contributed by atoms with Crippen molar-refractivity contribution >= 4 is 10.0 Å². The van der Waals surface area contributed by atoms with E-state index < -0.39 is 14.8 Å². The van der Waals surface area contributed by atoms with Gasteiger partial charge in [-0.3, -0.25) is 0 Å². The highest BCUT2D eigenvalue weighted by Crippen LogP contribution is 2.31. The lowest BCUT2D eigenvalue weighted by molar-refractivity contribution is 0.539. The van der Waals surface area contributed by atoms with E-state index in [1.807, 2.05) is 31.2 Å². The molecule has 4 nitrogen and oxygen atoms in total. The first-order chi connectivity index (χ1) is 11.8. The molecule has 0 fully saturated rings. The van der Waals surface area contributed by atoms with Gasteiger partial charge in [-0.1, -0.05) is 55.5 Å². The number of sulfonamides is 1. The molecule has 25 heavy (non-hydrogen) atoms. The number of benzene rings is 2. The molecule has 2 aromatic rings. The summed E-state index contributed by atoms with van der Waals surface area (Å²) in [4.78, 5) is 0. The molecule has 0 aliphatic carbocycles. The molecule has 0 heterocycles. The highest BCUT2D eigenvalue weighted by atomic mass is 32.2. The van der Waals surface area contributed by atoms with Gasteiger partial charge in [0.25, 0.3) is 0 Å². The van der Waals surface area contributed by atoms with Gasteiger partial charge >= 0.3 is 0 Å². The maximum atomic E-state index is 12.5. The van der Waals surface area contributed by atoms with Crippen molar-refractivity contribution in [2.75, 3.05) is 13.1 Å². The molecule has 0 unspecified atom stereocenters. The van der Waals surface area contributed by atoms with E-state index in [9.17, 15) is 8.42 Å². The van der Waals surface area contributed by atoms with E-state index in [-0.39, 0.29) is 0 Å². The van der Waals surface area contributed by atoms with Gasteiger partial charge in [-0.2, -0.15) is 0 Å². The summed E-state index contributed by atoms with van der Waals surface area (Å²) < 4.78 is 26.8. The summed E-state index contributed by atoms with van der Waals surface area (Å²) in [7, 11) is -3.43. The van der Waals surface area contributed by atoms with Gasteiger partial charge in [0.2, 0.25) is 10.0 Å². The second-order valence-corrected chi connectivity index (χ2v) is 9.04. The van der Waals surface area contributed by atoms with E-state index in [4.69, 9.17) is 5.73 Å². The van der Waals surface area contributed by atoms with Gasteiger partial charge in [0.15, 0.2) is 0 Å². The van der Waals surface area contributed by atoms with Crippen LogP contribution < -0.4 is 10.5 Å². The Morgan fingerprint density at radius 2 is 1.48 bits per heavy atom. The molecule has 0 saturated heterocycles. The minimum atomic E-state index is -3.43. The van der Waals surface area contributed by atoms with E-state index in [0.29, 0.717) is 13.1 Å². The number of nitrogens with one attached hydrogen (secondary N) is 1. The minimum Gasteiger partial charge on any atom is -0.330 e. The summed E-state index contributed by atoms with van der Waals surface area (Å²) in [5, 5.41) is 0. The maximum absolute atomic E-state index is 12.5. The monoisotopic (exact) mass is 360 g/mol. The third-order valence-corrected chi connectivity index (χ3v) is 6.68. The van der Waals surface area contributed by atoms with Gasteiger partial charge in [0, 0.05) is 6.54 Å².